The van der Waals surface area contributed by atoms with E-state index < -0.39 is 0 Å². The van der Waals surface area contributed by atoms with Gasteiger partial charge in [-0.1, -0.05) is 23.7 Å². The number of benzene rings is 2. The maximum Gasteiger partial charge on any atom is 0.255 e. The van der Waals surface area contributed by atoms with Gasteiger partial charge >= 0.3 is 0 Å². The van der Waals surface area contributed by atoms with Crippen LogP contribution in [0.15, 0.2) is 42.5 Å². The molecule has 0 radical (unpaired) electrons. The molecule has 0 saturated carbocycles. The summed E-state index contributed by atoms with van der Waals surface area (Å²) in [4.78, 5) is 26.4. The Hall–Kier alpha value is -2.37. The molecule has 6 heteroatoms. The summed E-state index contributed by atoms with van der Waals surface area (Å²) in [5.41, 5.74) is 2.54. The van der Waals surface area contributed by atoms with Crippen LogP contribution in [0.1, 0.15) is 33.2 Å². The molecule has 0 aliphatic heterocycles. The van der Waals surface area contributed by atoms with Gasteiger partial charge in [-0.15, -0.1) is 0 Å². The number of amides is 2. The Balaban J connectivity index is 2.12. The average Bonchev–Trinajstić information content (AvgIpc) is 2.57. The highest BCUT2D eigenvalue weighted by Gasteiger charge is 2.12. The molecule has 2 aromatic carbocycles. The molecule has 0 atom stereocenters. The zero-order valence-corrected chi connectivity index (χ0v) is 15.4. The van der Waals surface area contributed by atoms with Crippen molar-refractivity contribution in [2.75, 3.05) is 26.0 Å². The van der Waals surface area contributed by atoms with Crippen LogP contribution in [-0.2, 0) is 6.54 Å². The second kappa shape index (κ2) is 8.65. The number of rotatable bonds is 6. The maximum absolute atomic E-state index is 12.4. The van der Waals surface area contributed by atoms with E-state index in [4.69, 9.17) is 11.6 Å². The van der Waals surface area contributed by atoms with Crippen molar-refractivity contribution in [2.24, 2.45) is 0 Å². The molecular weight excluding hydrogens is 338 g/mol. The molecule has 2 rings (SSSR count). The van der Waals surface area contributed by atoms with E-state index in [1.165, 1.54) is 0 Å². The number of nitrogens with zero attached hydrogens (tertiary/aromatic N) is 1. The molecule has 5 nitrogen and oxygen atoms in total. The number of carbonyl (C=O) groups excluding carboxylic acids is 2. The predicted molar refractivity (Wildman–Crippen MR) is 101 cm³/mol. The van der Waals surface area contributed by atoms with E-state index in [1.807, 2.05) is 33.2 Å². The Morgan fingerprint density at radius 3 is 2.32 bits per heavy atom. The molecule has 0 unspecified atom stereocenters. The van der Waals surface area contributed by atoms with Crippen LogP contribution in [0.2, 0.25) is 5.02 Å². The molecule has 0 aliphatic carbocycles. The molecule has 0 saturated heterocycles. The van der Waals surface area contributed by atoms with Gasteiger partial charge in [0.05, 0.1) is 10.6 Å². The van der Waals surface area contributed by atoms with Crippen molar-refractivity contribution in [3.8, 4) is 0 Å². The lowest BCUT2D eigenvalue weighted by molar-refractivity contribution is 0.0954. The first-order valence-electron chi connectivity index (χ1n) is 8.03. The fourth-order valence-electron chi connectivity index (χ4n) is 2.36. The van der Waals surface area contributed by atoms with Crippen molar-refractivity contribution in [3.63, 3.8) is 0 Å². The number of hydrogen-bond acceptors (Lipinski definition) is 3. The Kier molecular flexibility index (Phi) is 6.56. The highest BCUT2D eigenvalue weighted by Crippen LogP contribution is 2.21. The topological polar surface area (TPSA) is 61.4 Å². The molecule has 2 N–H and O–H groups in total. The minimum atomic E-state index is -0.267. The van der Waals surface area contributed by atoms with Crippen LogP contribution in [-0.4, -0.2) is 37.4 Å². The van der Waals surface area contributed by atoms with Crippen LogP contribution in [0.5, 0.6) is 0 Å². The molecule has 25 heavy (non-hydrogen) atoms. The van der Waals surface area contributed by atoms with Gasteiger partial charge in [-0.25, -0.2) is 0 Å². The van der Waals surface area contributed by atoms with Gasteiger partial charge in [-0.05, 0) is 56.9 Å². The van der Waals surface area contributed by atoms with Gasteiger partial charge in [0, 0.05) is 24.3 Å². The van der Waals surface area contributed by atoms with Gasteiger partial charge in [0.1, 0.15) is 0 Å². The van der Waals surface area contributed by atoms with E-state index in [0.717, 1.165) is 12.1 Å². The first-order chi connectivity index (χ1) is 11.9. The van der Waals surface area contributed by atoms with E-state index in [9.17, 15) is 9.59 Å². The standard InChI is InChI=1S/C19H22ClN3O2/c1-4-21-19(25)16-11-15(9-10-17(16)20)22-18(24)14-7-5-13(6-8-14)12-23(2)3/h5-11H,4,12H2,1-3H3,(H,21,25)(H,22,24). The van der Waals surface area contributed by atoms with Crippen molar-refractivity contribution in [3.05, 3.63) is 64.2 Å². The van der Waals surface area contributed by atoms with E-state index >= 15 is 0 Å². The second-order valence-electron chi connectivity index (χ2n) is 5.94. The average molecular weight is 360 g/mol. The van der Waals surface area contributed by atoms with Crippen LogP contribution in [0.4, 0.5) is 5.69 Å². The van der Waals surface area contributed by atoms with Crippen molar-refractivity contribution >= 4 is 29.1 Å². The first kappa shape index (κ1) is 19.0. The molecule has 0 spiro atoms. The molecular formula is C19H22ClN3O2. The minimum Gasteiger partial charge on any atom is -0.352 e. The lowest BCUT2D eigenvalue weighted by Gasteiger charge is -2.11. The smallest absolute Gasteiger partial charge is 0.255 e. The molecule has 132 valence electrons. The molecule has 0 bridgehead atoms. The monoisotopic (exact) mass is 359 g/mol. The minimum absolute atomic E-state index is 0.236. The summed E-state index contributed by atoms with van der Waals surface area (Å²) < 4.78 is 0. The lowest BCUT2D eigenvalue weighted by atomic mass is 10.1. The summed E-state index contributed by atoms with van der Waals surface area (Å²) in [6, 6.07) is 12.3. The lowest BCUT2D eigenvalue weighted by Crippen LogP contribution is -2.23. The molecule has 2 amide bonds. The number of halogens is 1. The molecule has 2 aromatic rings. The fraction of sp³-hybridized carbons (Fsp3) is 0.263. The Labute approximate surface area is 153 Å². The zero-order valence-electron chi connectivity index (χ0n) is 14.6. The van der Waals surface area contributed by atoms with Crippen molar-refractivity contribution < 1.29 is 9.59 Å². The number of anilines is 1. The Bertz CT molecular complexity index is 758. The molecule has 0 aliphatic rings. The quantitative estimate of drug-likeness (QED) is 0.831. The van der Waals surface area contributed by atoms with Crippen LogP contribution in [0.25, 0.3) is 0 Å². The van der Waals surface area contributed by atoms with E-state index in [0.29, 0.717) is 28.4 Å². The summed E-state index contributed by atoms with van der Waals surface area (Å²) in [6.07, 6.45) is 0. The summed E-state index contributed by atoms with van der Waals surface area (Å²) >= 11 is 6.06. The number of nitrogens with one attached hydrogen (secondary N) is 2. The van der Waals surface area contributed by atoms with Gasteiger partial charge in [0.2, 0.25) is 0 Å². The molecule has 0 fully saturated rings. The number of hydrogen-bond donors (Lipinski definition) is 2. The highest BCUT2D eigenvalue weighted by atomic mass is 35.5. The van der Waals surface area contributed by atoms with Gasteiger partial charge < -0.3 is 15.5 Å². The third kappa shape index (κ3) is 5.31. The van der Waals surface area contributed by atoms with Crippen LogP contribution in [0, 0.1) is 0 Å². The van der Waals surface area contributed by atoms with Gasteiger partial charge in [0.25, 0.3) is 11.8 Å². The highest BCUT2D eigenvalue weighted by molar-refractivity contribution is 6.34. The third-order valence-electron chi connectivity index (χ3n) is 3.52. The Morgan fingerprint density at radius 2 is 1.72 bits per heavy atom. The molecule has 0 heterocycles. The van der Waals surface area contributed by atoms with Crippen LogP contribution in [0.3, 0.4) is 0 Å². The normalized spacial score (nSPS) is 10.6. The van der Waals surface area contributed by atoms with Crippen LogP contribution >= 0.6 is 11.6 Å². The van der Waals surface area contributed by atoms with E-state index in [1.54, 1.807) is 30.3 Å². The van der Waals surface area contributed by atoms with Gasteiger partial charge in [-0.2, -0.15) is 0 Å². The van der Waals surface area contributed by atoms with E-state index in [2.05, 4.69) is 15.5 Å². The summed E-state index contributed by atoms with van der Waals surface area (Å²) in [5, 5.41) is 5.84. The molecule has 0 aromatic heterocycles. The first-order valence-corrected chi connectivity index (χ1v) is 8.41. The van der Waals surface area contributed by atoms with Crippen molar-refractivity contribution in [2.45, 2.75) is 13.5 Å². The number of carbonyl (C=O) groups is 2. The summed E-state index contributed by atoms with van der Waals surface area (Å²) in [6.45, 7) is 3.15. The van der Waals surface area contributed by atoms with Crippen molar-refractivity contribution in [1.29, 1.82) is 0 Å². The second-order valence-corrected chi connectivity index (χ2v) is 6.35. The Morgan fingerprint density at radius 1 is 1.04 bits per heavy atom. The third-order valence-corrected chi connectivity index (χ3v) is 3.85. The fourth-order valence-corrected chi connectivity index (χ4v) is 2.57. The van der Waals surface area contributed by atoms with Gasteiger partial charge in [0.15, 0.2) is 0 Å². The SMILES string of the molecule is CCNC(=O)c1cc(NC(=O)c2ccc(CN(C)C)cc2)ccc1Cl. The summed E-state index contributed by atoms with van der Waals surface area (Å²) in [5.74, 6) is -0.503. The summed E-state index contributed by atoms with van der Waals surface area (Å²) in [7, 11) is 3.99. The maximum atomic E-state index is 12.4. The van der Waals surface area contributed by atoms with E-state index in [-0.39, 0.29) is 11.8 Å². The van der Waals surface area contributed by atoms with Gasteiger partial charge in [-0.3, -0.25) is 9.59 Å². The largest absolute Gasteiger partial charge is 0.352 e. The van der Waals surface area contributed by atoms with Crippen molar-refractivity contribution in [1.82, 2.24) is 10.2 Å². The van der Waals surface area contributed by atoms with Crippen LogP contribution < -0.4 is 10.6 Å². The zero-order chi connectivity index (χ0) is 18.4. The predicted octanol–water partition coefficient (Wildman–Crippen LogP) is 3.40.